The molecule has 0 aromatic heterocycles. The number of nitrogens with zero attached hydrogens (tertiary/aromatic N) is 1. The average molecular weight is 413 g/mol. The molecule has 1 aromatic carbocycles. The molecule has 0 saturated carbocycles. The molecule has 4 N–H and O–H groups in total. The number of ether oxygens (including phenoxy) is 1. The summed E-state index contributed by atoms with van der Waals surface area (Å²) in [6, 6.07) is 2.85. The maximum Gasteiger partial charge on any atom is 0.312 e. The van der Waals surface area contributed by atoms with Crippen LogP contribution in [0.15, 0.2) is 23.1 Å². The van der Waals surface area contributed by atoms with E-state index >= 15 is 0 Å². The summed E-state index contributed by atoms with van der Waals surface area (Å²) >= 11 is 0. The number of carbonyl (C=O) groups is 2. The van der Waals surface area contributed by atoms with E-state index in [1.165, 1.54) is 23.5 Å². The molecule has 1 fully saturated rings. The zero-order valence-corrected chi connectivity index (χ0v) is 17.0. The molecule has 9 nitrogen and oxygen atoms in total. The molecule has 0 radical (unpaired) electrons. The Bertz CT molecular complexity index is 806. The molecule has 28 heavy (non-hydrogen) atoms. The number of nitrogens with one attached hydrogen (secondary N) is 2. The lowest BCUT2D eigenvalue weighted by Crippen LogP contribution is -2.46. The number of nitrogens with two attached hydrogens (primary N) is 1. The number of carbonyl (C=O) groups excluding carboxylic acids is 2. The van der Waals surface area contributed by atoms with Gasteiger partial charge in [0, 0.05) is 18.8 Å². The monoisotopic (exact) mass is 412 g/mol. The van der Waals surface area contributed by atoms with Crippen LogP contribution in [0.4, 0.5) is 10.5 Å². The van der Waals surface area contributed by atoms with Gasteiger partial charge in [-0.2, -0.15) is 4.31 Å². The molecular weight excluding hydrogens is 384 g/mol. The van der Waals surface area contributed by atoms with Gasteiger partial charge in [-0.3, -0.25) is 4.79 Å². The summed E-state index contributed by atoms with van der Waals surface area (Å²) in [4.78, 5) is 23.6. The lowest BCUT2D eigenvalue weighted by atomic mass is 10.1. The van der Waals surface area contributed by atoms with E-state index in [0.717, 1.165) is 19.3 Å². The maximum absolute atomic E-state index is 13.0. The third-order valence-electron chi connectivity index (χ3n) is 4.57. The Kier molecular flexibility index (Phi) is 7.64. The molecule has 1 aromatic rings. The third-order valence-corrected chi connectivity index (χ3v) is 6.49. The molecule has 1 heterocycles. The largest absolute Gasteiger partial charge is 0.495 e. The van der Waals surface area contributed by atoms with Crippen molar-refractivity contribution in [1.29, 1.82) is 0 Å². The molecule has 2 rings (SSSR count). The Labute approximate surface area is 165 Å². The molecular formula is C18H28N4O5S. The van der Waals surface area contributed by atoms with E-state index in [1.54, 1.807) is 6.07 Å². The summed E-state index contributed by atoms with van der Waals surface area (Å²) in [5.41, 5.74) is 5.42. The number of urea groups is 1. The predicted molar refractivity (Wildman–Crippen MR) is 106 cm³/mol. The highest BCUT2D eigenvalue weighted by atomic mass is 32.2. The van der Waals surface area contributed by atoms with E-state index in [2.05, 4.69) is 10.6 Å². The molecule has 1 aliphatic heterocycles. The molecule has 0 spiro atoms. The van der Waals surface area contributed by atoms with Crippen molar-refractivity contribution in [3.8, 4) is 5.75 Å². The minimum atomic E-state index is -3.75. The highest BCUT2D eigenvalue weighted by Gasteiger charge is 2.29. The topological polar surface area (TPSA) is 131 Å². The van der Waals surface area contributed by atoms with Gasteiger partial charge >= 0.3 is 6.03 Å². The fourth-order valence-corrected chi connectivity index (χ4v) is 4.86. The Morgan fingerprint density at radius 2 is 1.93 bits per heavy atom. The first-order valence-corrected chi connectivity index (χ1v) is 10.8. The minimum Gasteiger partial charge on any atom is -0.495 e. The highest BCUT2D eigenvalue weighted by molar-refractivity contribution is 7.89. The number of sulfonamides is 1. The summed E-state index contributed by atoms with van der Waals surface area (Å²) in [5.74, 6) is -0.254. The summed E-state index contributed by atoms with van der Waals surface area (Å²) in [5, 5.41) is 5.05. The molecule has 1 aliphatic rings. The van der Waals surface area contributed by atoms with Crippen molar-refractivity contribution in [2.75, 3.05) is 25.5 Å². The molecule has 0 aliphatic carbocycles. The van der Waals surface area contributed by atoms with Crippen LogP contribution >= 0.6 is 0 Å². The second kappa shape index (κ2) is 9.74. The second-order valence-corrected chi connectivity index (χ2v) is 8.58. The van der Waals surface area contributed by atoms with Crippen LogP contribution in [-0.4, -0.2) is 50.9 Å². The van der Waals surface area contributed by atoms with E-state index in [-0.39, 0.29) is 10.6 Å². The number of rotatable bonds is 8. The van der Waals surface area contributed by atoms with Crippen molar-refractivity contribution in [2.24, 2.45) is 5.73 Å². The van der Waals surface area contributed by atoms with Crippen molar-refractivity contribution >= 4 is 27.6 Å². The molecule has 1 saturated heterocycles. The van der Waals surface area contributed by atoms with Crippen LogP contribution in [0.25, 0.3) is 0 Å². The van der Waals surface area contributed by atoms with Gasteiger partial charge in [-0.05, 0) is 37.5 Å². The van der Waals surface area contributed by atoms with Crippen molar-refractivity contribution < 1.29 is 22.7 Å². The van der Waals surface area contributed by atoms with Crippen molar-refractivity contribution in [3.05, 3.63) is 18.2 Å². The second-order valence-electron chi connectivity index (χ2n) is 6.67. The van der Waals surface area contributed by atoms with Crippen LogP contribution in [-0.2, 0) is 14.8 Å². The van der Waals surface area contributed by atoms with Crippen molar-refractivity contribution in [3.63, 3.8) is 0 Å². The molecule has 3 amide bonds. The number of methoxy groups -OCH3 is 1. The van der Waals surface area contributed by atoms with E-state index < -0.39 is 28.0 Å². The van der Waals surface area contributed by atoms with Crippen LogP contribution in [0.2, 0.25) is 0 Å². The van der Waals surface area contributed by atoms with Gasteiger partial charge < -0.3 is 21.1 Å². The fourth-order valence-electron chi connectivity index (χ4n) is 3.16. The van der Waals surface area contributed by atoms with Gasteiger partial charge in [0.25, 0.3) is 0 Å². The SMILES string of the molecule is CCC[C@H](NC(N)=O)C(=O)Nc1ccc(OC)c(S(=O)(=O)N2CCCCC2)c1. The van der Waals surface area contributed by atoms with Gasteiger partial charge in [-0.15, -0.1) is 0 Å². The highest BCUT2D eigenvalue weighted by Crippen LogP contribution is 2.31. The normalized spacial score (nSPS) is 16.2. The average Bonchev–Trinajstić information content (AvgIpc) is 2.68. The Morgan fingerprint density at radius 1 is 1.25 bits per heavy atom. The minimum absolute atomic E-state index is 0.00426. The number of primary amides is 1. The number of benzene rings is 1. The summed E-state index contributed by atoms with van der Waals surface area (Å²) in [7, 11) is -2.35. The van der Waals surface area contributed by atoms with Gasteiger partial charge in [-0.25, -0.2) is 13.2 Å². The number of anilines is 1. The van der Waals surface area contributed by atoms with Crippen LogP contribution in [0.5, 0.6) is 5.75 Å². The number of amides is 3. The van der Waals surface area contributed by atoms with Crippen LogP contribution in [0.1, 0.15) is 39.0 Å². The first-order valence-electron chi connectivity index (χ1n) is 9.34. The van der Waals surface area contributed by atoms with E-state index in [1.807, 2.05) is 6.92 Å². The third kappa shape index (κ3) is 5.35. The van der Waals surface area contributed by atoms with Crippen LogP contribution < -0.4 is 21.1 Å². The summed E-state index contributed by atoms with van der Waals surface area (Å²) in [6.07, 6.45) is 3.70. The number of piperidine rings is 1. The quantitative estimate of drug-likeness (QED) is 0.597. The Balaban J connectivity index is 2.28. The molecule has 0 unspecified atom stereocenters. The molecule has 156 valence electrons. The molecule has 0 bridgehead atoms. The van der Waals surface area contributed by atoms with Gasteiger partial charge in [0.15, 0.2) is 0 Å². The number of hydrogen-bond acceptors (Lipinski definition) is 5. The summed E-state index contributed by atoms with van der Waals surface area (Å²) < 4.78 is 32.8. The van der Waals surface area contributed by atoms with Crippen LogP contribution in [0, 0.1) is 0 Å². The van der Waals surface area contributed by atoms with E-state index in [0.29, 0.717) is 31.6 Å². The van der Waals surface area contributed by atoms with E-state index in [9.17, 15) is 18.0 Å². The first kappa shape index (κ1) is 22.0. The van der Waals surface area contributed by atoms with Gasteiger partial charge in [-0.1, -0.05) is 19.8 Å². The molecule has 1 atom stereocenters. The predicted octanol–water partition coefficient (Wildman–Crippen LogP) is 1.65. The maximum atomic E-state index is 13.0. The Morgan fingerprint density at radius 3 is 2.50 bits per heavy atom. The van der Waals surface area contributed by atoms with Gasteiger partial charge in [0.1, 0.15) is 16.7 Å². The van der Waals surface area contributed by atoms with Gasteiger partial charge in [0.2, 0.25) is 15.9 Å². The first-order chi connectivity index (χ1) is 13.3. The Hall–Kier alpha value is -2.33. The summed E-state index contributed by atoms with van der Waals surface area (Å²) in [6.45, 7) is 2.80. The van der Waals surface area contributed by atoms with Crippen molar-refractivity contribution in [2.45, 2.75) is 50.0 Å². The zero-order valence-electron chi connectivity index (χ0n) is 16.2. The lowest BCUT2D eigenvalue weighted by molar-refractivity contribution is -0.118. The molecule has 10 heteroatoms. The van der Waals surface area contributed by atoms with Crippen molar-refractivity contribution in [1.82, 2.24) is 9.62 Å². The van der Waals surface area contributed by atoms with Crippen LogP contribution in [0.3, 0.4) is 0 Å². The number of hydrogen-bond donors (Lipinski definition) is 3. The zero-order chi connectivity index (χ0) is 20.7. The van der Waals surface area contributed by atoms with E-state index in [4.69, 9.17) is 10.5 Å². The van der Waals surface area contributed by atoms with Gasteiger partial charge in [0.05, 0.1) is 7.11 Å². The smallest absolute Gasteiger partial charge is 0.312 e. The standard InChI is InChI=1S/C18H28N4O5S/c1-3-7-14(21-18(19)24)17(23)20-13-8-9-15(27-2)16(12-13)28(25,26)22-10-5-4-6-11-22/h8-9,12,14H,3-7,10-11H2,1-2H3,(H,20,23)(H3,19,21,24)/t14-/m0/s1. The fraction of sp³-hybridized carbons (Fsp3) is 0.556. The lowest BCUT2D eigenvalue weighted by Gasteiger charge is -2.26.